The average Bonchev–Trinajstić information content (AvgIpc) is 2.98. The van der Waals surface area contributed by atoms with Crippen LogP contribution in [-0.2, 0) is 21.9 Å². The Hall–Kier alpha value is -2.30. The van der Waals surface area contributed by atoms with E-state index in [1.54, 1.807) is 0 Å². The fourth-order valence-corrected chi connectivity index (χ4v) is 3.88. The summed E-state index contributed by atoms with van der Waals surface area (Å²) in [5.41, 5.74) is -5.50. The van der Waals surface area contributed by atoms with Crippen molar-refractivity contribution < 1.29 is 45.8 Å². The smallest absolute Gasteiger partial charge is 0.416 e. The van der Waals surface area contributed by atoms with Crippen molar-refractivity contribution in [3.8, 4) is 0 Å². The van der Waals surface area contributed by atoms with E-state index in [1.807, 2.05) is 0 Å². The highest BCUT2D eigenvalue weighted by molar-refractivity contribution is 5.98. The van der Waals surface area contributed by atoms with Gasteiger partial charge in [-0.3, -0.25) is 9.69 Å². The Morgan fingerprint density at radius 3 is 1.93 bits per heavy atom. The van der Waals surface area contributed by atoms with Crippen LogP contribution in [0.3, 0.4) is 0 Å². The van der Waals surface area contributed by atoms with E-state index in [2.05, 4.69) is 0 Å². The molecule has 1 heterocycles. The number of halogens is 6. The Balaban J connectivity index is 2.10. The second kappa shape index (κ2) is 7.19. The summed E-state index contributed by atoms with van der Waals surface area (Å²) in [6, 6.07) is -0.955. The van der Waals surface area contributed by atoms with Gasteiger partial charge in [-0.05, 0) is 43.9 Å². The molecule has 1 aromatic carbocycles. The molecular formula is C18H17F6NO4. The third-order valence-corrected chi connectivity index (χ3v) is 5.23. The number of rotatable bonds is 2. The zero-order chi connectivity index (χ0) is 21.6. The molecule has 29 heavy (non-hydrogen) atoms. The van der Waals surface area contributed by atoms with Crippen molar-refractivity contribution in [2.24, 2.45) is 0 Å². The number of hydrogen-bond donors (Lipinski definition) is 1. The number of carbonyl (C=O) groups is 2. The number of carboxylic acid groups (broad SMARTS) is 1. The van der Waals surface area contributed by atoms with Gasteiger partial charge in [-0.15, -0.1) is 0 Å². The maximum Gasteiger partial charge on any atom is 0.416 e. The Bertz CT molecular complexity index is 781. The fourth-order valence-electron chi connectivity index (χ4n) is 3.88. The van der Waals surface area contributed by atoms with Gasteiger partial charge in [0.15, 0.2) is 6.04 Å². The fraction of sp³-hybridized carbons (Fsp3) is 0.556. The van der Waals surface area contributed by atoms with Gasteiger partial charge in [0.05, 0.1) is 17.7 Å². The third-order valence-electron chi connectivity index (χ3n) is 5.23. The van der Waals surface area contributed by atoms with Crippen molar-refractivity contribution in [3.63, 3.8) is 0 Å². The quantitative estimate of drug-likeness (QED) is 0.718. The summed E-state index contributed by atoms with van der Waals surface area (Å²) in [6.07, 6.45) is -7.74. The minimum atomic E-state index is -5.12. The first-order valence-electron chi connectivity index (χ1n) is 8.85. The molecule has 2 aliphatic rings. The lowest BCUT2D eigenvalue weighted by atomic mass is 9.89. The second-order valence-corrected chi connectivity index (χ2v) is 7.14. The van der Waals surface area contributed by atoms with Gasteiger partial charge in [0, 0.05) is 5.56 Å². The van der Waals surface area contributed by atoms with Crippen LogP contribution in [0.15, 0.2) is 18.2 Å². The van der Waals surface area contributed by atoms with Crippen molar-refractivity contribution in [2.45, 2.75) is 56.2 Å². The zero-order valence-electron chi connectivity index (χ0n) is 14.9. The molecular weight excluding hydrogens is 408 g/mol. The summed E-state index contributed by atoms with van der Waals surface area (Å²) in [5, 5.41) is 9.43. The van der Waals surface area contributed by atoms with Crippen molar-refractivity contribution in [1.82, 2.24) is 4.90 Å². The van der Waals surface area contributed by atoms with Crippen LogP contribution in [0, 0.1) is 0 Å². The Morgan fingerprint density at radius 1 is 0.966 bits per heavy atom. The molecule has 1 aliphatic carbocycles. The topological polar surface area (TPSA) is 66.8 Å². The maximum atomic E-state index is 13.1. The number of carbonyl (C=O) groups excluding carboxylic acids is 1. The van der Waals surface area contributed by atoms with Crippen LogP contribution in [0.2, 0.25) is 0 Å². The average molecular weight is 425 g/mol. The normalized spacial score (nSPS) is 22.1. The predicted molar refractivity (Wildman–Crippen MR) is 85.8 cm³/mol. The SMILES string of the molecule is O=C(O)[C@@H]1COC2(CCCCC2)N1C(=O)c1cc(C(F)(F)F)cc(C(F)(F)F)c1. The molecule has 0 bridgehead atoms. The molecule has 2 fully saturated rings. The molecule has 0 aromatic heterocycles. The lowest BCUT2D eigenvalue weighted by Gasteiger charge is -2.41. The van der Waals surface area contributed by atoms with Crippen molar-refractivity contribution in [1.29, 1.82) is 0 Å². The highest BCUT2D eigenvalue weighted by Crippen LogP contribution is 2.42. The summed E-state index contributed by atoms with van der Waals surface area (Å²) in [7, 11) is 0. The molecule has 5 nitrogen and oxygen atoms in total. The Labute approximate surface area is 161 Å². The van der Waals surface area contributed by atoms with Crippen molar-refractivity contribution >= 4 is 11.9 Å². The first kappa shape index (κ1) is 21.4. The van der Waals surface area contributed by atoms with Crippen LogP contribution in [0.4, 0.5) is 26.3 Å². The standard InChI is InChI=1S/C18H17F6NO4/c19-17(20,21)11-6-10(7-12(8-11)18(22,23)24)14(26)25-13(15(27)28)9-29-16(25)4-2-1-3-5-16/h6-8,13H,1-5,9H2,(H,27,28)/t13-/m0/s1. The summed E-state index contributed by atoms with van der Waals surface area (Å²) >= 11 is 0. The Kier molecular flexibility index (Phi) is 5.31. The number of benzene rings is 1. The number of hydrogen-bond acceptors (Lipinski definition) is 3. The van der Waals surface area contributed by atoms with E-state index in [0.29, 0.717) is 25.0 Å². The van der Waals surface area contributed by atoms with E-state index in [1.165, 1.54) is 0 Å². The van der Waals surface area contributed by atoms with Crippen LogP contribution >= 0.6 is 0 Å². The van der Waals surface area contributed by atoms with Gasteiger partial charge in [0.1, 0.15) is 5.72 Å². The van der Waals surface area contributed by atoms with Crippen LogP contribution in [0.1, 0.15) is 53.6 Å². The molecule has 1 saturated heterocycles. The number of aliphatic carboxylic acids is 1. The summed E-state index contributed by atoms with van der Waals surface area (Å²) in [4.78, 5) is 25.4. The van der Waals surface area contributed by atoms with Gasteiger partial charge in [-0.2, -0.15) is 26.3 Å². The van der Waals surface area contributed by atoms with Crippen molar-refractivity contribution in [3.05, 3.63) is 34.9 Å². The van der Waals surface area contributed by atoms with E-state index in [9.17, 15) is 41.0 Å². The van der Waals surface area contributed by atoms with E-state index in [-0.39, 0.29) is 25.5 Å². The summed E-state index contributed by atoms with van der Waals surface area (Å²) in [5.74, 6) is -2.67. The molecule has 3 rings (SSSR count). The van der Waals surface area contributed by atoms with Crippen LogP contribution in [-0.4, -0.2) is 40.3 Å². The predicted octanol–water partition coefficient (Wildman–Crippen LogP) is 4.31. The molecule has 1 N–H and O–H groups in total. The Morgan fingerprint density at radius 2 is 1.48 bits per heavy atom. The first-order chi connectivity index (χ1) is 13.3. The van der Waals surface area contributed by atoms with Crippen LogP contribution in [0.25, 0.3) is 0 Å². The van der Waals surface area contributed by atoms with Gasteiger partial charge in [-0.25, -0.2) is 4.79 Å². The second-order valence-electron chi connectivity index (χ2n) is 7.14. The minimum Gasteiger partial charge on any atom is -0.480 e. The first-order valence-corrected chi connectivity index (χ1v) is 8.85. The van der Waals surface area contributed by atoms with Gasteiger partial charge < -0.3 is 9.84 Å². The molecule has 1 amide bonds. The lowest BCUT2D eigenvalue weighted by Crippen LogP contribution is -2.54. The molecule has 1 saturated carbocycles. The van der Waals surface area contributed by atoms with Crippen LogP contribution in [0.5, 0.6) is 0 Å². The highest BCUT2D eigenvalue weighted by Gasteiger charge is 2.53. The largest absolute Gasteiger partial charge is 0.480 e. The molecule has 1 spiro atoms. The number of amides is 1. The minimum absolute atomic E-state index is 0.0810. The van der Waals surface area contributed by atoms with Gasteiger partial charge in [0.2, 0.25) is 0 Å². The zero-order valence-corrected chi connectivity index (χ0v) is 14.9. The van der Waals surface area contributed by atoms with E-state index < -0.39 is 52.7 Å². The molecule has 0 unspecified atom stereocenters. The van der Waals surface area contributed by atoms with Gasteiger partial charge in [0.25, 0.3) is 5.91 Å². The number of ether oxygens (including phenoxy) is 1. The van der Waals surface area contributed by atoms with Gasteiger partial charge in [-0.1, -0.05) is 6.42 Å². The monoisotopic (exact) mass is 425 g/mol. The van der Waals surface area contributed by atoms with E-state index in [4.69, 9.17) is 4.74 Å². The molecule has 1 aromatic rings. The number of nitrogens with zero attached hydrogens (tertiary/aromatic N) is 1. The number of alkyl halides is 6. The number of carboxylic acids is 1. The molecule has 160 valence electrons. The molecule has 0 radical (unpaired) electrons. The third kappa shape index (κ3) is 4.05. The van der Waals surface area contributed by atoms with E-state index >= 15 is 0 Å². The lowest BCUT2D eigenvalue weighted by molar-refractivity contribution is -0.144. The van der Waals surface area contributed by atoms with Crippen molar-refractivity contribution in [2.75, 3.05) is 6.61 Å². The summed E-state index contributed by atoms with van der Waals surface area (Å²) in [6.45, 7) is -0.383. The molecule has 1 aliphatic heterocycles. The van der Waals surface area contributed by atoms with Crippen LogP contribution < -0.4 is 0 Å². The maximum absolute atomic E-state index is 13.1. The van der Waals surface area contributed by atoms with E-state index in [0.717, 1.165) is 11.3 Å². The van der Waals surface area contributed by atoms with Gasteiger partial charge >= 0.3 is 18.3 Å². The molecule has 1 atom stereocenters. The highest BCUT2D eigenvalue weighted by atomic mass is 19.4. The molecule has 11 heteroatoms. The summed E-state index contributed by atoms with van der Waals surface area (Å²) < 4.78 is 84.3.